The van der Waals surface area contributed by atoms with E-state index in [0.717, 1.165) is 0 Å². The summed E-state index contributed by atoms with van der Waals surface area (Å²) in [5.41, 5.74) is 17.4. The first-order chi connectivity index (χ1) is 28.6. The number of aliphatic hydroxyl groups is 1. The summed E-state index contributed by atoms with van der Waals surface area (Å²) in [6.45, 7) is 6.32. The van der Waals surface area contributed by atoms with Crippen LogP contribution in [0.3, 0.4) is 0 Å². The third-order valence-electron chi connectivity index (χ3n) is 9.85. The zero-order valence-electron chi connectivity index (χ0n) is 35.0. The van der Waals surface area contributed by atoms with Crippen molar-refractivity contribution in [1.82, 2.24) is 31.5 Å². The van der Waals surface area contributed by atoms with Gasteiger partial charge in [-0.3, -0.25) is 38.6 Å². The molecule has 0 aromatic heterocycles. The predicted molar refractivity (Wildman–Crippen MR) is 220 cm³/mol. The Balaban J connectivity index is 2.38. The van der Waals surface area contributed by atoms with E-state index in [9.17, 15) is 58.8 Å². The lowest BCUT2D eigenvalue weighted by atomic mass is 10.0. The Kier molecular flexibility index (Phi) is 20.9. The Morgan fingerprint density at radius 3 is 1.85 bits per heavy atom. The van der Waals surface area contributed by atoms with E-state index >= 15 is 0 Å². The molecular weight excluding hydrogens is 800 g/mol. The number of nitrogens with two attached hydrogens (primary N) is 3. The van der Waals surface area contributed by atoms with E-state index in [2.05, 4.69) is 31.6 Å². The van der Waals surface area contributed by atoms with Gasteiger partial charge in [-0.1, -0.05) is 39.8 Å². The molecule has 1 fully saturated rings. The number of aromatic hydroxyl groups is 1. The quantitative estimate of drug-likeness (QED) is 0.0272. The number of carboxylic acid groups (broad SMARTS) is 2. The highest BCUT2D eigenvalue weighted by molar-refractivity contribution is 5.97. The van der Waals surface area contributed by atoms with Gasteiger partial charge in [0.2, 0.25) is 35.4 Å². The number of nitrogens with one attached hydrogen (secondary N) is 5. The minimum atomic E-state index is -1.65. The average Bonchev–Trinajstić information content (AvgIpc) is 3.69. The SMILES string of the molecule is CC(C)C[C@H](NC(=O)[C@H](Cc1ccc(O)cc1)NC(=O)[C@H](CCCN=C(N)N)NC(=O)[C@H](CCC(=O)O)NC(=O)[C@H](CO)NC(=O)[C@@H]1CCCN1C(=O)[C@@H](N)C(C)C)C(=O)O. The van der Waals surface area contributed by atoms with Crippen molar-refractivity contribution in [3.8, 4) is 5.75 Å². The summed E-state index contributed by atoms with van der Waals surface area (Å²) in [4.78, 5) is 110. The van der Waals surface area contributed by atoms with Gasteiger partial charge in [0.15, 0.2) is 5.96 Å². The maximum absolute atomic E-state index is 14.0. The summed E-state index contributed by atoms with van der Waals surface area (Å²) >= 11 is 0. The molecule has 0 aliphatic carbocycles. The number of carbonyl (C=O) groups is 8. The van der Waals surface area contributed by atoms with Gasteiger partial charge in [0.05, 0.1) is 12.6 Å². The molecule has 0 bridgehead atoms. The van der Waals surface area contributed by atoms with Crippen LogP contribution in [0.15, 0.2) is 29.3 Å². The van der Waals surface area contributed by atoms with E-state index in [1.165, 1.54) is 29.2 Å². The Bertz CT molecular complexity index is 1720. The van der Waals surface area contributed by atoms with E-state index in [1.54, 1.807) is 27.7 Å². The van der Waals surface area contributed by atoms with Crippen LogP contribution < -0.4 is 43.8 Å². The van der Waals surface area contributed by atoms with Gasteiger partial charge < -0.3 is 69.1 Å². The van der Waals surface area contributed by atoms with Crippen molar-refractivity contribution in [3.63, 3.8) is 0 Å². The van der Waals surface area contributed by atoms with Crippen LogP contribution in [-0.4, -0.2) is 141 Å². The third kappa shape index (κ3) is 17.2. The smallest absolute Gasteiger partial charge is 0.326 e. The molecule has 0 radical (unpaired) electrons. The first-order valence-corrected chi connectivity index (χ1v) is 20.1. The lowest BCUT2D eigenvalue weighted by Gasteiger charge is -2.29. The first-order valence-electron chi connectivity index (χ1n) is 20.1. The third-order valence-corrected chi connectivity index (χ3v) is 9.85. The number of phenols is 1. The van der Waals surface area contributed by atoms with Crippen LogP contribution in [0.2, 0.25) is 0 Å². The minimum absolute atomic E-state index is 0.000611. The Morgan fingerprint density at radius 1 is 0.787 bits per heavy atom. The van der Waals surface area contributed by atoms with E-state index in [1.807, 2.05) is 0 Å². The summed E-state index contributed by atoms with van der Waals surface area (Å²) in [5, 5.41) is 51.3. The van der Waals surface area contributed by atoms with Crippen molar-refractivity contribution in [2.45, 2.75) is 121 Å². The number of rotatable bonds is 25. The Morgan fingerprint density at radius 2 is 1.33 bits per heavy atom. The van der Waals surface area contributed by atoms with Gasteiger partial charge in [-0.15, -0.1) is 0 Å². The molecule has 1 aromatic rings. The number of carboxylic acids is 2. The monoisotopic (exact) mass is 862 g/mol. The lowest BCUT2D eigenvalue weighted by Crippen LogP contribution is -2.60. The van der Waals surface area contributed by atoms with E-state index in [4.69, 9.17) is 17.2 Å². The van der Waals surface area contributed by atoms with Crippen molar-refractivity contribution in [2.24, 2.45) is 34.0 Å². The normalized spacial score (nSPS) is 16.6. The second-order valence-electron chi connectivity index (χ2n) is 15.7. The standard InChI is InChI=1S/C39H62N10O12/c1-20(2)17-27(38(60)61)47-34(56)26(18-22-9-11-23(51)12-10-22)46-32(54)24(7-5-15-43-39(41)42)44-33(55)25(13-14-30(52)53)45-35(57)28(19-50)48-36(58)29-8-6-16-49(29)37(59)31(40)21(3)4/h9-12,20-21,24-29,31,50-51H,5-8,13-19,40H2,1-4H3,(H,44,55)(H,45,57)(H,46,54)(H,47,56)(H,48,58)(H,52,53)(H,60,61)(H4,41,42,43)/t24-,25-,26-,27-,28-,29-,31-/m0/s1. The number of amides is 6. The lowest BCUT2D eigenvalue weighted by molar-refractivity contribution is -0.143. The van der Waals surface area contributed by atoms with Crippen LogP contribution in [0.25, 0.3) is 0 Å². The molecular formula is C39H62N10O12. The fraction of sp³-hybridized carbons (Fsp3) is 0.615. The van der Waals surface area contributed by atoms with Crippen LogP contribution in [0, 0.1) is 11.8 Å². The number of aliphatic carboxylic acids is 2. The first kappa shape index (κ1) is 51.1. The van der Waals surface area contributed by atoms with Crippen LogP contribution >= 0.6 is 0 Å². The molecule has 7 atom stereocenters. The molecule has 1 heterocycles. The van der Waals surface area contributed by atoms with Crippen LogP contribution in [0.1, 0.15) is 78.2 Å². The predicted octanol–water partition coefficient (Wildman–Crippen LogP) is -2.63. The maximum atomic E-state index is 14.0. The number of likely N-dealkylation sites (tertiary alicyclic amines) is 1. The number of aliphatic imine (C=N–C) groups is 1. The fourth-order valence-electron chi connectivity index (χ4n) is 6.41. The summed E-state index contributed by atoms with van der Waals surface area (Å²) in [5.74, 6) is -8.44. The van der Waals surface area contributed by atoms with Crippen LogP contribution in [0.5, 0.6) is 5.75 Å². The van der Waals surface area contributed by atoms with Crippen LogP contribution in [-0.2, 0) is 44.8 Å². The molecule has 2 rings (SSSR count). The number of aliphatic hydroxyl groups excluding tert-OH is 1. The topological polar surface area (TPSA) is 371 Å². The number of benzene rings is 1. The summed E-state index contributed by atoms with van der Waals surface area (Å²) in [7, 11) is 0. The number of carbonyl (C=O) groups excluding carboxylic acids is 6. The molecule has 22 nitrogen and oxygen atoms in total. The second-order valence-corrected chi connectivity index (χ2v) is 15.7. The van der Waals surface area contributed by atoms with Crippen molar-refractivity contribution in [3.05, 3.63) is 29.8 Å². The molecule has 61 heavy (non-hydrogen) atoms. The van der Waals surface area contributed by atoms with E-state index in [-0.39, 0.29) is 68.7 Å². The molecule has 0 spiro atoms. The van der Waals surface area contributed by atoms with Gasteiger partial charge in [0.1, 0.15) is 42.0 Å². The summed E-state index contributed by atoms with van der Waals surface area (Å²) in [6.07, 6.45) is -0.574. The van der Waals surface area contributed by atoms with Gasteiger partial charge in [0, 0.05) is 25.9 Å². The molecule has 1 aliphatic heterocycles. The Labute approximate surface area is 353 Å². The highest BCUT2D eigenvalue weighted by Gasteiger charge is 2.39. The number of hydrogen-bond acceptors (Lipinski definition) is 12. The number of nitrogens with zero attached hydrogens (tertiary/aromatic N) is 2. The summed E-state index contributed by atoms with van der Waals surface area (Å²) in [6, 6.07) is -3.66. The number of guanidine groups is 1. The molecule has 6 amide bonds. The van der Waals surface area contributed by atoms with Gasteiger partial charge in [-0.05, 0) is 68.1 Å². The molecule has 22 heteroatoms. The van der Waals surface area contributed by atoms with Crippen molar-refractivity contribution >= 4 is 53.3 Å². The molecule has 1 aromatic carbocycles. The highest BCUT2D eigenvalue weighted by Crippen LogP contribution is 2.20. The molecule has 1 saturated heterocycles. The van der Waals surface area contributed by atoms with Gasteiger partial charge in [-0.25, -0.2) is 4.79 Å². The maximum Gasteiger partial charge on any atom is 0.326 e. The van der Waals surface area contributed by atoms with Crippen LogP contribution in [0.4, 0.5) is 0 Å². The Hall–Kier alpha value is -6.03. The molecule has 0 unspecified atom stereocenters. The van der Waals surface area contributed by atoms with Crippen molar-refractivity contribution < 1.29 is 58.8 Å². The molecule has 340 valence electrons. The number of hydrogen-bond donors (Lipinski definition) is 12. The van der Waals surface area contributed by atoms with E-state index in [0.29, 0.717) is 12.0 Å². The zero-order chi connectivity index (χ0) is 46.0. The van der Waals surface area contributed by atoms with Gasteiger partial charge >= 0.3 is 11.9 Å². The molecule has 0 saturated carbocycles. The zero-order valence-corrected chi connectivity index (χ0v) is 35.0. The minimum Gasteiger partial charge on any atom is -0.508 e. The van der Waals surface area contributed by atoms with Gasteiger partial charge in [0.25, 0.3) is 0 Å². The average molecular weight is 863 g/mol. The fourth-order valence-corrected chi connectivity index (χ4v) is 6.41. The van der Waals surface area contributed by atoms with E-state index < -0.39 is 109 Å². The molecule has 15 N–H and O–H groups in total. The van der Waals surface area contributed by atoms with Crippen molar-refractivity contribution in [1.29, 1.82) is 0 Å². The molecule has 1 aliphatic rings. The van der Waals surface area contributed by atoms with Gasteiger partial charge in [-0.2, -0.15) is 0 Å². The number of phenolic OH excluding ortho intramolecular Hbond substituents is 1. The van der Waals surface area contributed by atoms with Crippen molar-refractivity contribution in [2.75, 3.05) is 19.7 Å². The second kappa shape index (κ2) is 24.9. The highest BCUT2D eigenvalue weighted by atomic mass is 16.4. The largest absolute Gasteiger partial charge is 0.508 e. The summed E-state index contributed by atoms with van der Waals surface area (Å²) < 4.78 is 0.